The largest absolute Gasteiger partial charge is 0.478 e. The highest BCUT2D eigenvalue weighted by atomic mass is 35.5. The fourth-order valence-corrected chi connectivity index (χ4v) is 3.36. The maximum absolute atomic E-state index is 12.3. The van der Waals surface area contributed by atoms with Crippen molar-refractivity contribution in [1.29, 1.82) is 0 Å². The first kappa shape index (κ1) is 20.0. The number of aromatic carboxylic acids is 1. The average Bonchev–Trinajstić information content (AvgIpc) is 3.07. The molecule has 7 nitrogen and oxygen atoms in total. The minimum absolute atomic E-state index is 0.00115. The Balaban J connectivity index is 2.33. The summed E-state index contributed by atoms with van der Waals surface area (Å²) in [6, 6.07) is 3.91. The fraction of sp³-hybridized carbons (Fsp3) is 0.125. The number of nitrogens with one attached hydrogen (secondary N) is 2. The molecule has 0 atom stereocenters. The number of hydrogen-bond acceptors (Lipinski definition) is 6. The van der Waals surface area contributed by atoms with Gasteiger partial charge in [-0.05, 0) is 31.4 Å². The SMILES string of the molecule is CSC(C(=O)Nc1cc(C(=O)Nc2nccs2)ccc1C(=O)O)=C(C)Cl. The van der Waals surface area contributed by atoms with Crippen LogP contribution in [0.25, 0.3) is 0 Å². The van der Waals surface area contributed by atoms with Crippen LogP contribution in [0.1, 0.15) is 27.6 Å². The summed E-state index contributed by atoms with van der Waals surface area (Å²) >= 11 is 8.26. The minimum atomic E-state index is -1.23. The van der Waals surface area contributed by atoms with Gasteiger partial charge >= 0.3 is 5.97 Å². The highest BCUT2D eigenvalue weighted by Crippen LogP contribution is 2.24. The van der Waals surface area contributed by atoms with E-state index in [0.717, 1.165) is 11.8 Å². The highest BCUT2D eigenvalue weighted by molar-refractivity contribution is 8.03. The predicted molar refractivity (Wildman–Crippen MR) is 104 cm³/mol. The Morgan fingerprint density at radius 1 is 1.27 bits per heavy atom. The highest BCUT2D eigenvalue weighted by Gasteiger charge is 2.19. The van der Waals surface area contributed by atoms with Crippen molar-refractivity contribution >= 4 is 63.3 Å². The van der Waals surface area contributed by atoms with Gasteiger partial charge in [-0.2, -0.15) is 0 Å². The third kappa shape index (κ3) is 4.84. The van der Waals surface area contributed by atoms with Crippen LogP contribution in [0.4, 0.5) is 10.8 Å². The van der Waals surface area contributed by atoms with Gasteiger partial charge in [0.25, 0.3) is 11.8 Å². The summed E-state index contributed by atoms with van der Waals surface area (Å²) in [5.74, 6) is -2.25. The maximum atomic E-state index is 12.3. The monoisotopic (exact) mass is 411 g/mol. The van der Waals surface area contributed by atoms with Gasteiger partial charge in [0.15, 0.2) is 5.13 Å². The number of amides is 2. The van der Waals surface area contributed by atoms with Crippen molar-refractivity contribution in [2.45, 2.75) is 6.92 Å². The number of anilines is 2. The number of thioether (sulfide) groups is 1. The molecule has 1 aromatic heterocycles. The molecule has 0 fully saturated rings. The van der Waals surface area contributed by atoms with Gasteiger partial charge in [0, 0.05) is 22.2 Å². The number of thiazole rings is 1. The van der Waals surface area contributed by atoms with Crippen molar-refractivity contribution in [3.63, 3.8) is 0 Å². The van der Waals surface area contributed by atoms with E-state index < -0.39 is 17.8 Å². The van der Waals surface area contributed by atoms with E-state index in [1.807, 2.05) is 0 Å². The van der Waals surface area contributed by atoms with Gasteiger partial charge in [-0.25, -0.2) is 9.78 Å². The Labute approximate surface area is 162 Å². The summed E-state index contributed by atoms with van der Waals surface area (Å²) in [6.07, 6.45) is 3.22. The Morgan fingerprint density at radius 3 is 2.54 bits per heavy atom. The summed E-state index contributed by atoms with van der Waals surface area (Å²) in [6.45, 7) is 1.56. The lowest BCUT2D eigenvalue weighted by atomic mass is 10.1. The number of carbonyl (C=O) groups is 3. The third-order valence-corrected chi connectivity index (χ3v) is 5.03. The minimum Gasteiger partial charge on any atom is -0.478 e. The zero-order valence-electron chi connectivity index (χ0n) is 13.7. The Bertz CT molecular complexity index is 878. The van der Waals surface area contributed by atoms with E-state index in [0.29, 0.717) is 5.13 Å². The van der Waals surface area contributed by atoms with E-state index >= 15 is 0 Å². The van der Waals surface area contributed by atoms with E-state index in [2.05, 4.69) is 15.6 Å². The van der Waals surface area contributed by atoms with Crippen LogP contribution in [-0.2, 0) is 4.79 Å². The summed E-state index contributed by atoms with van der Waals surface area (Å²) in [5, 5.41) is 16.8. The van der Waals surface area contributed by atoms with Gasteiger partial charge in [-0.1, -0.05) is 11.6 Å². The molecule has 0 saturated heterocycles. The molecule has 0 aliphatic rings. The van der Waals surface area contributed by atoms with Gasteiger partial charge < -0.3 is 10.4 Å². The molecule has 136 valence electrons. The van der Waals surface area contributed by atoms with Gasteiger partial charge in [-0.3, -0.25) is 14.9 Å². The quantitative estimate of drug-likeness (QED) is 0.623. The van der Waals surface area contributed by atoms with Crippen molar-refractivity contribution in [3.8, 4) is 0 Å². The number of carboxylic acid groups (broad SMARTS) is 1. The summed E-state index contributed by atoms with van der Waals surface area (Å²) < 4.78 is 0. The van der Waals surface area contributed by atoms with Crippen LogP contribution >= 0.6 is 34.7 Å². The lowest BCUT2D eigenvalue weighted by Gasteiger charge is -2.12. The van der Waals surface area contributed by atoms with Crippen molar-refractivity contribution in [1.82, 2.24) is 4.98 Å². The second-order valence-electron chi connectivity index (χ2n) is 4.88. The van der Waals surface area contributed by atoms with E-state index in [4.69, 9.17) is 11.6 Å². The van der Waals surface area contributed by atoms with Gasteiger partial charge in [-0.15, -0.1) is 23.1 Å². The Morgan fingerprint density at radius 2 is 2.00 bits per heavy atom. The van der Waals surface area contributed by atoms with Crippen molar-refractivity contribution in [3.05, 3.63) is 50.8 Å². The molecule has 10 heteroatoms. The van der Waals surface area contributed by atoms with E-state index in [1.165, 1.54) is 29.5 Å². The standard InChI is InChI=1S/C16H14ClN3O4S2/c1-8(17)12(25-2)14(22)19-11-7-9(3-4-10(11)15(23)24)13(21)20-16-18-5-6-26-16/h3-7H,1-2H3,(H,19,22)(H,23,24)(H,18,20,21). The molecule has 0 bridgehead atoms. The number of carboxylic acids is 1. The first-order valence-corrected chi connectivity index (χ1v) is 9.61. The number of aromatic nitrogens is 1. The summed E-state index contributed by atoms with van der Waals surface area (Å²) in [5.41, 5.74) is 0.0355. The second kappa shape index (κ2) is 8.84. The van der Waals surface area contributed by atoms with E-state index in [9.17, 15) is 19.5 Å². The number of carbonyl (C=O) groups excluding carboxylic acids is 2. The first-order valence-electron chi connectivity index (χ1n) is 7.13. The lowest BCUT2D eigenvalue weighted by molar-refractivity contribution is -0.112. The van der Waals surface area contributed by atoms with Crippen LogP contribution in [-0.4, -0.2) is 34.1 Å². The molecule has 3 N–H and O–H groups in total. The van der Waals surface area contributed by atoms with Crippen molar-refractivity contribution in [2.24, 2.45) is 0 Å². The Kier molecular flexibility index (Phi) is 6.78. The van der Waals surface area contributed by atoms with E-state index in [1.54, 1.807) is 24.8 Å². The number of allylic oxidation sites excluding steroid dienone is 1. The van der Waals surface area contributed by atoms with Gasteiger partial charge in [0.2, 0.25) is 0 Å². The molecule has 1 heterocycles. The molecule has 0 aliphatic heterocycles. The van der Waals surface area contributed by atoms with Crippen LogP contribution < -0.4 is 10.6 Å². The fourth-order valence-electron chi connectivity index (χ4n) is 2.00. The number of rotatable bonds is 6. The molecule has 0 saturated carbocycles. The molecule has 0 unspecified atom stereocenters. The molecule has 2 amide bonds. The molecule has 0 radical (unpaired) electrons. The lowest BCUT2D eigenvalue weighted by Crippen LogP contribution is -2.18. The topological polar surface area (TPSA) is 108 Å². The normalized spacial score (nSPS) is 11.5. The van der Waals surface area contributed by atoms with E-state index in [-0.39, 0.29) is 26.8 Å². The first-order chi connectivity index (χ1) is 12.3. The molecule has 0 aliphatic carbocycles. The molecule has 1 aromatic carbocycles. The maximum Gasteiger partial charge on any atom is 0.337 e. The van der Waals surface area contributed by atoms with Crippen LogP contribution in [0.15, 0.2) is 39.7 Å². The van der Waals surface area contributed by atoms with Crippen molar-refractivity contribution in [2.75, 3.05) is 16.9 Å². The number of halogens is 1. The number of nitrogens with zero attached hydrogens (tertiary/aromatic N) is 1. The van der Waals surface area contributed by atoms with Crippen LogP contribution in [0.3, 0.4) is 0 Å². The Hall–Kier alpha value is -2.36. The van der Waals surface area contributed by atoms with Crippen LogP contribution in [0.5, 0.6) is 0 Å². The third-order valence-electron chi connectivity index (χ3n) is 3.14. The summed E-state index contributed by atoms with van der Waals surface area (Å²) in [7, 11) is 0. The zero-order chi connectivity index (χ0) is 19.3. The average molecular weight is 412 g/mol. The van der Waals surface area contributed by atoms with Crippen LogP contribution in [0.2, 0.25) is 0 Å². The molecule has 26 heavy (non-hydrogen) atoms. The second-order valence-corrected chi connectivity index (χ2v) is 7.16. The predicted octanol–water partition coefficient (Wildman–Crippen LogP) is 3.87. The van der Waals surface area contributed by atoms with Crippen molar-refractivity contribution < 1.29 is 19.5 Å². The van der Waals surface area contributed by atoms with Gasteiger partial charge in [0.05, 0.1) is 16.2 Å². The number of hydrogen-bond donors (Lipinski definition) is 3. The van der Waals surface area contributed by atoms with Gasteiger partial charge in [0.1, 0.15) is 0 Å². The smallest absolute Gasteiger partial charge is 0.337 e. The zero-order valence-corrected chi connectivity index (χ0v) is 16.1. The summed E-state index contributed by atoms with van der Waals surface area (Å²) in [4.78, 5) is 40.2. The van der Waals surface area contributed by atoms with Crippen LogP contribution in [0, 0.1) is 0 Å². The molecular formula is C16H14ClN3O4S2. The molecule has 2 aromatic rings. The number of benzene rings is 1. The molecular weight excluding hydrogens is 398 g/mol. The molecule has 0 spiro atoms. The molecule has 2 rings (SSSR count).